The lowest BCUT2D eigenvalue weighted by Crippen LogP contribution is -2.41. The van der Waals surface area contributed by atoms with Crippen LogP contribution in [0.1, 0.15) is 32.8 Å². The molecule has 0 spiro atoms. The molecular formula is C15H22ClNO4. The number of carbonyl (C=O) groups is 1. The lowest BCUT2D eigenvalue weighted by atomic mass is 10.2. The van der Waals surface area contributed by atoms with Crippen LogP contribution in [0.25, 0.3) is 0 Å². The molecule has 0 saturated carbocycles. The van der Waals surface area contributed by atoms with E-state index in [0.717, 1.165) is 6.42 Å². The molecule has 0 aliphatic heterocycles. The fraction of sp³-hybridized carbons (Fsp3) is 0.533. The third kappa shape index (κ3) is 4.79. The van der Waals surface area contributed by atoms with Crippen molar-refractivity contribution in [1.82, 2.24) is 5.32 Å². The molecule has 1 aromatic carbocycles. The summed E-state index contributed by atoms with van der Waals surface area (Å²) in [5, 5.41) is 12.7. The molecule has 0 fully saturated rings. The van der Waals surface area contributed by atoms with Crippen LogP contribution < -0.4 is 14.8 Å². The molecule has 0 aliphatic carbocycles. The number of benzene rings is 1. The van der Waals surface area contributed by atoms with Gasteiger partial charge in [0.1, 0.15) is 0 Å². The van der Waals surface area contributed by atoms with Gasteiger partial charge in [-0.05, 0) is 26.3 Å². The Labute approximate surface area is 130 Å². The van der Waals surface area contributed by atoms with E-state index in [4.69, 9.17) is 21.1 Å². The van der Waals surface area contributed by atoms with Gasteiger partial charge >= 0.3 is 0 Å². The molecule has 21 heavy (non-hydrogen) atoms. The zero-order chi connectivity index (χ0) is 16.0. The maximum Gasteiger partial charge on any atom is 0.260 e. The first-order valence-electron chi connectivity index (χ1n) is 6.87. The number of nitrogens with one attached hydrogen (secondary N) is 1. The number of carbonyl (C=O) groups excluding carboxylic acids is 1. The van der Waals surface area contributed by atoms with Crippen molar-refractivity contribution >= 4 is 17.5 Å². The summed E-state index contributed by atoms with van der Waals surface area (Å²) in [6.45, 7) is 5.30. The topological polar surface area (TPSA) is 67.8 Å². The summed E-state index contributed by atoms with van der Waals surface area (Å²) in [7, 11) is 1.48. The Hall–Kier alpha value is -1.46. The Morgan fingerprint density at radius 2 is 2.10 bits per heavy atom. The van der Waals surface area contributed by atoms with Gasteiger partial charge in [0.2, 0.25) is 0 Å². The molecule has 0 aliphatic rings. The van der Waals surface area contributed by atoms with E-state index in [1.807, 2.05) is 13.8 Å². The third-order valence-electron chi connectivity index (χ3n) is 3.15. The van der Waals surface area contributed by atoms with Gasteiger partial charge in [-0.2, -0.15) is 0 Å². The van der Waals surface area contributed by atoms with Gasteiger partial charge in [0, 0.05) is 22.7 Å². The largest absolute Gasteiger partial charge is 0.493 e. The zero-order valence-electron chi connectivity index (χ0n) is 12.8. The Morgan fingerprint density at radius 1 is 1.43 bits per heavy atom. The number of amides is 1. The molecule has 0 bridgehead atoms. The summed E-state index contributed by atoms with van der Waals surface area (Å²) in [4.78, 5) is 12.0. The van der Waals surface area contributed by atoms with Gasteiger partial charge in [-0.25, -0.2) is 0 Å². The fourth-order valence-corrected chi connectivity index (χ4v) is 1.95. The molecule has 2 atom stereocenters. The Morgan fingerprint density at radius 3 is 2.62 bits per heavy atom. The average Bonchev–Trinajstić information content (AvgIpc) is 2.47. The van der Waals surface area contributed by atoms with Crippen molar-refractivity contribution in [1.29, 1.82) is 0 Å². The second-order valence-corrected chi connectivity index (χ2v) is 5.27. The van der Waals surface area contributed by atoms with Gasteiger partial charge in [-0.15, -0.1) is 0 Å². The quantitative estimate of drug-likeness (QED) is 0.811. The van der Waals surface area contributed by atoms with Crippen LogP contribution in [0.5, 0.6) is 11.5 Å². The van der Waals surface area contributed by atoms with E-state index in [0.29, 0.717) is 22.1 Å². The van der Waals surface area contributed by atoms with Crippen molar-refractivity contribution in [2.75, 3.05) is 7.11 Å². The summed E-state index contributed by atoms with van der Waals surface area (Å²) in [5.74, 6) is 0.496. The molecule has 0 aromatic heterocycles. The highest BCUT2D eigenvalue weighted by Gasteiger charge is 2.20. The van der Waals surface area contributed by atoms with Crippen LogP contribution in [0.2, 0.25) is 5.02 Å². The second kappa shape index (κ2) is 8.10. The molecule has 2 unspecified atom stereocenters. The summed E-state index contributed by atoms with van der Waals surface area (Å²) >= 11 is 5.94. The van der Waals surface area contributed by atoms with E-state index in [-0.39, 0.29) is 18.6 Å². The Bertz CT molecular complexity index is 468. The molecule has 0 radical (unpaired) electrons. The Kier molecular flexibility index (Phi) is 6.78. The number of hydrogen-bond acceptors (Lipinski definition) is 4. The smallest absolute Gasteiger partial charge is 0.260 e. The number of rotatable bonds is 7. The Balaban J connectivity index is 2.93. The molecule has 0 heterocycles. The van der Waals surface area contributed by atoms with E-state index in [1.54, 1.807) is 19.1 Å². The van der Waals surface area contributed by atoms with Crippen molar-refractivity contribution in [3.05, 3.63) is 22.7 Å². The van der Waals surface area contributed by atoms with Crippen molar-refractivity contribution in [3.8, 4) is 11.5 Å². The average molecular weight is 316 g/mol. The highest BCUT2D eigenvalue weighted by atomic mass is 35.5. The fourth-order valence-electron chi connectivity index (χ4n) is 1.72. The SMILES string of the molecule is CCC(C)NC(=O)C(C)Oc1c(CO)cc(Cl)cc1OC. The number of halogens is 1. The van der Waals surface area contributed by atoms with Crippen LogP contribution in [0.3, 0.4) is 0 Å². The normalized spacial score (nSPS) is 13.4. The highest BCUT2D eigenvalue weighted by Crippen LogP contribution is 2.35. The van der Waals surface area contributed by atoms with Crippen LogP contribution in [-0.4, -0.2) is 30.3 Å². The number of methoxy groups -OCH3 is 1. The van der Waals surface area contributed by atoms with Gasteiger partial charge in [0.05, 0.1) is 13.7 Å². The first-order valence-corrected chi connectivity index (χ1v) is 7.25. The van der Waals surface area contributed by atoms with Crippen LogP contribution in [-0.2, 0) is 11.4 Å². The molecule has 5 nitrogen and oxygen atoms in total. The summed E-state index contributed by atoms with van der Waals surface area (Å²) in [6.07, 6.45) is 0.129. The van der Waals surface area contributed by atoms with Crippen LogP contribution in [0, 0.1) is 0 Å². The highest BCUT2D eigenvalue weighted by molar-refractivity contribution is 6.30. The standard InChI is InChI=1S/C15H22ClNO4/c1-5-9(2)17-15(19)10(3)21-14-11(8-18)6-12(16)7-13(14)20-4/h6-7,9-10,18H,5,8H2,1-4H3,(H,17,19). The van der Waals surface area contributed by atoms with Crippen LogP contribution in [0.15, 0.2) is 12.1 Å². The van der Waals surface area contributed by atoms with Gasteiger partial charge in [0.25, 0.3) is 5.91 Å². The maximum absolute atomic E-state index is 12.0. The van der Waals surface area contributed by atoms with Gasteiger partial charge in [-0.3, -0.25) is 4.79 Å². The van der Waals surface area contributed by atoms with Gasteiger partial charge in [-0.1, -0.05) is 18.5 Å². The predicted octanol–water partition coefficient (Wildman–Crippen LogP) is 2.52. The van der Waals surface area contributed by atoms with E-state index in [9.17, 15) is 9.90 Å². The molecule has 0 saturated heterocycles. The minimum Gasteiger partial charge on any atom is -0.493 e. The number of ether oxygens (including phenoxy) is 2. The predicted molar refractivity (Wildman–Crippen MR) is 81.9 cm³/mol. The molecule has 1 amide bonds. The molecule has 2 N–H and O–H groups in total. The number of aliphatic hydroxyl groups excluding tert-OH is 1. The summed E-state index contributed by atoms with van der Waals surface area (Å²) in [5.41, 5.74) is 0.475. The van der Waals surface area contributed by atoms with E-state index in [1.165, 1.54) is 7.11 Å². The van der Waals surface area contributed by atoms with Crippen molar-refractivity contribution in [2.45, 2.75) is 45.9 Å². The van der Waals surface area contributed by atoms with Crippen LogP contribution in [0.4, 0.5) is 0 Å². The summed E-state index contributed by atoms with van der Waals surface area (Å²) in [6, 6.07) is 3.24. The van der Waals surface area contributed by atoms with Crippen molar-refractivity contribution in [3.63, 3.8) is 0 Å². The monoisotopic (exact) mass is 315 g/mol. The minimum absolute atomic E-state index is 0.0768. The van der Waals surface area contributed by atoms with E-state index in [2.05, 4.69) is 5.32 Å². The molecule has 118 valence electrons. The molecular weight excluding hydrogens is 294 g/mol. The second-order valence-electron chi connectivity index (χ2n) is 4.83. The lowest BCUT2D eigenvalue weighted by Gasteiger charge is -2.20. The van der Waals surface area contributed by atoms with Gasteiger partial charge < -0.3 is 19.9 Å². The van der Waals surface area contributed by atoms with E-state index >= 15 is 0 Å². The number of hydrogen-bond donors (Lipinski definition) is 2. The minimum atomic E-state index is -0.709. The van der Waals surface area contributed by atoms with E-state index < -0.39 is 6.10 Å². The lowest BCUT2D eigenvalue weighted by molar-refractivity contribution is -0.127. The number of aliphatic hydroxyl groups is 1. The molecule has 1 rings (SSSR count). The molecule has 1 aromatic rings. The van der Waals surface area contributed by atoms with Crippen molar-refractivity contribution < 1.29 is 19.4 Å². The van der Waals surface area contributed by atoms with Crippen molar-refractivity contribution in [2.24, 2.45) is 0 Å². The van der Waals surface area contributed by atoms with Crippen LogP contribution >= 0.6 is 11.6 Å². The van der Waals surface area contributed by atoms with Gasteiger partial charge in [0.15, 0.2) is 17.6 Å². The first kappa shape index (κ1) is 17.6. The zero-order valence-corrected chi connectivity index (χ0v) is 13.5. The summed E-state index contributed by atoms with van der Waals surface area (Å²) < 4.78 is 10.9. The third-order valence-corrected chi connectivity index (χ3v) is 3.37. The molecule has 6 heteroatoms. The first-order chi connectivity index (χ1) is 9.92. The maximum atomic E-state index is 12.0.